The van der Waals surface area contributed by atoms with Crippen LogP contribution in [0.4, 0.5) is 13.2 Å². The molecule has 1 atom stereocenters. The highest BCUT2D eigenvalue weighted by atomic mass is 19.4. The summed E-state index contributed by atoms with van der Waals surface area (Å²) in [5.41, 5.74) is 0.629. The Hall–Kier alpha value is -2.41. The van der Waals surface area contributed by atoms with Gasteiger partial charge < -0.3 is 10.1 Å². The van der Waals surface area contributed by atoms with Crippen LogP contribution < -0.4 is 5.32 Å². The van der Waals surface area contributed by atoms with Crippen molar-refractivity contribution in [1.29, 1.82) is 0 Å². The molecule has 1 aliphatic heterocycles. The Morgan fingerprint density at radius 1 is 1.27 bits per heavy atom. The fourth-order valence-electron chi connectivity index (χ4n) is 2.85. The van der Waals surface area contributed by atoms with E-state index in [4.69, 9.17) is 4.74 Å². The first-order valence-corrected chi connectivity index (χ1v) is 8.43. The number of nitrogens with zero attached hydrogens (tertiary/aromatic N) is 1. The van der Waals surface area contributed by atoms with E-state index >= 15 is 0 Å². The summed E-state index contributed by atoms with van der Waals surface area (Å²) in [6, 6.07) is 8.99. The molecule has 7 heteroatoms. The Balaban J connectivity index is 1.64. The molecular formula is C19H19F3N2O2. The Bertz CT molecular complexity index is 754. The summed E-state index contributed by atoms with van der Waals surface area (Å²) in [5, 5.41) is 2.87. The van der Waals surface area contributed by atoms with Gasteiger partial charge in [0.1, 0.15) is 0 Å². The van der Waals surface area contributed by atoms with Gasteiger partial charge in [-0.05, 0) is 43.0 Å². The van der Waals surface area contributed by atoms with Gasteiger partial charge in [0.2, 0.25) is 0 Å². The largest absolute Gasteiger partial charge is 0.417 e. The summed E-state index contributed by atoms with van der Waals surface area (Å²) in [6.07, 6.45) is -1.74. The molecule has 138 valence electrons. The van der Waals surface area contributed by atoms with Gasteiger partial charge in [-0.2, -0.15) is 13.2 Å². The molecule has 1 saturated heterocycles. The first-order chi connectivity index (χ1) is 12.4. The topological polar surface area (TPSA) is 51.2 Å². The van der Waals surface area contributed by atoms with Crippen molar-refractivity contribution in [2.75, 3.05) is 19.8 Å². The van der Waals surface area contributed by atoms with E-state index in [1.165, 1.54) is 6.07 Å². The van der Waals surface area contributed by atoms with Crippen molar-refractivity contribution >= 4 is 5.91 Å². The van der Waals surface area contributed by atoms with Gasteiger partial charge in [0.25, 0.3) is 5.91 Å². The summed E-state index contributed by atoms with van der Waals surface area (Å²) in [6.45, 7) is 2.08. The monoisotopic (exact) mass is 364 g/mol. The predicted octanol–water partition coefficient (Wildman–Crippen LogP) is 3.92. The molecule has 1 aliphatic rings. The van der Waals surface area contributed by atoms with Crippen LogP contribution in [0, 0.1) is 5.92 Å². The number of hydrogen-bond donors (Lipinski definition) is 1. The molecule has 0 spiro atoms. The fraction of sp³-hybridized carbons (Fsp3) is 0.368. The van der Waals surface area contributed by atoms with Crippen LogP contribution in [0.15, 0.2) is 42.6 Å². The number of alkyl halides is 3. The SMILES string of the molecule is O=C(NCCC1CCOC1)c1cccc(-c2ccc(C(F)(F)F)cn2)c1. The minimum absolute atomic E-state index is 0.210. The molecule has 1 unspecified atom stereocenters. The van der Waals surface area contributed by atoms with Crippen molar-refractivity contribution in [3.8, 4) is 11.3 Å². The maximum absolute atomic E-state index is 12.6. The minimum Gasteiger partial charge on any atom is -0.381 e. The van der Waals surface area contributed by atoms with Crippen LogP contribution in [0.1, 0.15) is 28.8 Å². The van der Waals surface area contributed by atoms with Gasteiger partial charge in [-0.15, -0.1) is 0 Å². The molecule has 1 fully saturated rings. The van der Waals surface area contributed by atoms with Crippen molar-refractivity contribution in [3.63, 3.8) is 0 Å². The number of pyridine rings is 1. The third kappa shape index (κ3) is 4.60. The highest BCUT2D eigenvalue weighted by molar-refractivity contribution is 5.95. The van der Waals surface area contributed by atoms with Gasteiger partial charge in [-0.25, -0.2) is 0 Å². The number of nitrogens with one attached hydrogen (secondary N) is 1. The van der Waals surface area contributed by atoms with Crippen molar-refractivity contribution < 1.29 is 22.7 Å². The predicted molar refractivity (Wildman–Crippen MR) is 90.6 cm³/mol. The summed E-state index contributed by atoms with van der Waals surface area (Å²) in [7, 11) is 0. The summed E-state index contributed by atoms with van der Waals surface area (Å²) < 4.78 is 43.2. The fourth-order valence-corrected chi connectivity index (χ4v) is 2.85. The summed E-state index contributed by atoms with van der Waals surface area (Å²) in [4.78, 5) is 16.1. The van der Waals surface area contributed by atoms with E-state index in [9.17, 15) is 18.0 Å². The van der Waals surface area contributed by atoms with E-state index in [2.05, 4.69) is 10.3 Å². The number of carbonyl (C=O) groups excluding carboxylic acids is 1. The number of benzene rings is 1. The average Bonchev–Trinajstić information content (AvgIpc) is 3.14. The second-order valence-electron chi connectivity index (χ2n) is 6.28. The van der Waals surface area contributed by atoms with E-state index in [0.29, 0.717) is 29.3 Å². The smallest absolute Gasteiger partial charge is 0.381 e. The second-order valence-corrected chi connectivity index (χ2v) is 6.28. The number of aromatic nitrogens is 1. The number of amides is 1. The van der Waals surface area contributed by atoms with Crippen LogP contribution in [-0.4, -0.2) is 30.6 Å². The van der Waals surface area contributed by atoms with Gasteiger partial charge in [0, 0.05) is 37.1 Å². The lowest BCUT2D eigenvalue weighted by atomic mass is 10.0. The lowest BCUT2D eigenvalue weighted by molar-refractivity contribution is -0.137. The number of halogens is 3. The zero-order chi connectivity index (χ0) is 18.6. The maximum Gasteiger partial charge on any atom is 0.417 e. The third-order valence-electron chi connectivity index (χ3n) is 4.37. The molecule has 1 aromatic heterocycles. The lowest BCUT2D eigenvalue weighted by Gasteiger charge is -2.10. The Kier molecular flexibility index (Phi) is 5.56. The highest BCUT2D eigenvalue weighted by Gasteiger charge is 2.30. The lowest BCUT2D eigenvalue weighted by Crippen LogP contribution is -2.26. The normalized spacial score (nSPS) is 17.3. The molecule has 2 aromatic rings. The number of rotatable bonds is 5. The van der Waals surface area contributed by atoms with E-state index < -0.39 is 11.7 Å². The van der Waals surface area contributed by atoms with Crippen molar-refractivity contribution in [3.05, 3.63) is 53.7 Å². The van der Waals surface area contributed by atoms with Crippen LogP contribution >= 0.6 is 0 Å². The Morgan fingerprint density at radius 2 is 2.12 bits per heavy atom. The van der Waals surface area contributed by atoms with Crippen LogP contribution in [0.3, 0.4) is 0 Å². The molecule has 0 radical (unpaired) electrons. The first-order valence-electron chi connectivity index (χ1n) is 8.43. The minimum atomic E-state index is -4.42. The highest BCUT2D eigenvalue weighted by Crippen LogP contribution is 2.29. The third-order valence-corrected chi connectivity index (χ3v) is 4.37. The van der Waals surface area contributed by atoms with E-state index in [1.54, 1.807) is 24.3 Å². The van der Waals surface area contributed by atoms with Crippen LogP contribution in [-0.2, 0) is 10.9 Å². The van der Waals surface area contributed by atoms with Gasteiger partial charge >= 0.3 is 6.18 Å². The summed E-state index contributed by atoms with van der Waals surface area (Å²) >= 11 is 0. The quantitative estimate of drug-likeness (QED) is 0.875. The van der Waals surface area contributed by atoms with Crippen LogP contribution in [0.2, 0.25) is 0 Å². The van der Waals surface area contributed by atoms with E-state index in [0.717, 1.165) is 38.3 Å². The van der Waals surface area contributed by atoms with Gasteiger partial charge in [0.15, 0.2) is 0 Å². The number of ether oxygens (including phenoxy) is 1. The number of carbonyl (C=O) groups is 1. The van der Waals surface area contributed by atoms with Crippen molar-refractivity contribution in [2.45, 2.75) is 19.0 Å². The number of hydrogen-bond acceptors (Lipinski definition) is 3. The molecule has 2 heterocycles. The van der Waals surface area contributed by atoms with E-state index in [-0.39, 0.29) is 5.91 Å². The zero-order valence-corrected chi connectivity index (χ0v) is 14.1. The standard InChI is InChI=1S/C19H19F3N2O2/c20-19(21,22)16-4-5-17(24-11-16)14-2-1-3-15(10-14)18(25)23-8-6-13-7-9-26-12-13/h1-5,10-11,13H,6-9,12H2,(H,23,25). The molecule has 1 aromatic carbocycles. The van der Waals surface area contributed by atoms with Crippen LogP contribution in [0.25, 0.3) is 11.3 Å². The molecule has 0 saturated carbocycles. The molecule has 1 amide bonds. The van der Waals surface area contributed by atoms with E-state index in [1.807, 2.05) is 0 Å². The zero-order valence-electron chi connectivity index (χ0n) is 14.1. The molecule has 3 rings (SSSR count). The summed E-state index contributed by atoms with van der Waals surface area (Å²) in [5.74, 6) is 0.274. The average molecular weight is 364 g/mol. The molecule has 26 heavy (non-hydrogen) atoms. The Labute approximate surface area is 149 Å². The molecule has 0 aliphatic carbocycles. The van der Waals surface area contributed by atoms with Crippen molar-refractivity contribution in [2.24, 2.45) is 5.92 Å². The van der Waals surface area contributed by atoms with Gasteiger partial charge in [0.05, 0.1) is 11.3 Å². The molecular weight excluding hydrogens is 345 g/mol. The first kappa shape index (κ1) is 18.4. The van der Waals surface area contributed by atoms with Gasteiger partial charge in [-0.1, -0.05) is 12.1 Å². The Morgan fingerprint density at radius 3 is 2.77 bits per heavy atom. The molecule has 0 bridgehead atoms. The molecule has 1 N–H and O–H groups in total. The van der Waals surface area contributed by atoms with Crippen LogP contribution in [0.5, 0.6) is 0 Å². The van der Waals surface area contributed by atoms with Crippen molar-refractivity contribution in [1.82, 2.24) is 10.3 Å². The maximum atomic E-state index is 12.6. The second kappa shape index (κ2) is 7.86. The van der Waals surface area contributed by atoms with Gasteiger partial charge in [-0.3, -0.25) is 9.78 Å². The molecule has 4 nitrogen and oxygen atoms in total.